The zero-order chi connectivity index (χ0) is 7.56. The first kappa shape index (κ1) is 7.03. The molecule has 0 radical (unpaired) electrons. The van der Waals surface area contributed by atoms with Crippen LogP contribution in [0.25, 0.3) is 0 Å². The lowest BCUT2D eigenvalue weighted by Crippen LogP contribution is -2.30. The normalized spacial score (nSPS) is 16.9. The molecule has 0 unspecified atom stereocenters. The van der Waals surface area contributed by atoms with Gasteiger partial charge in [-0.1, -0.05) is 5.92 Å². The van der Waals surface area contributed by atoms with Gasteiger partial charge in [0.25, 0.3) is 0 Å². The molecule has 0 aromatic carbocycles. The van der Waals surface area contributed by atoms with E-state index in [4.69, 9.17) is 18.6 Å². The topological polar surface area (TPSA) is 32.3 Å². The van der Waals surface area contributed by atoms with Crippen LogP contribution in [0.2, 0.25) is 0 Å². The van der Waals surface area contributed by atoms with Crippen LogP contribution in [0, 0.1) is 12.3 Å². The molecule has 4 heteroatoms. The van der Waals surface area contributed by atoms with Gasteiger partial charge in [-0.05, 0) is 12.2 Å². The van der Waals surface area contributed by atoms with E-state index in [1.807, 2.05) is 0 Å². The zero-order valence-electron chi connectivity index (χ0n) is 5.26. The van der Waals surface area contributed by atoms with Crippen LogP contribution in [0.3, 0.4) is 0 Å². The molecule has 10 heavy (non-hydrogen) atoms. The summed E-state index contributed by atoms with van der Waals surface area (Å²) in [7, 11) is 0. The molecule has 1 amide bonds. The van der Waals surface area contributed by atoms with Crippen LogP contribution in [0.1, 0.15) is 0 Å². The molecular formula is C6H6N2OS. The van der Waals surface area contributed by atoms with Gasteiger partial charge >= 0.3 is 0 Å². The third-order valence-corrected chi connectivity index (χ3v) is 1.55. The first-order valence-corrected chi connectivity index (χ1v) is 3.18. The number of nitrogens with zero attached hydrogens (tertiary/aromatic N) is 1. The van der Waals surface area contributed by atoms with Gasteiger partial charge in [-0.15, -0.1) is 6.42 Å². The summed E-state index contributed by atoms with van der Waals surface area (Å²) in [6.07, 6.45) is 5.00. The molecule has 0 spiro atoms. The third kappa shape index (κ3) is 1.09. The van der Waals surface area contributed by atoms with E-state index in [2.05, 4.69) is 11.2 Å². The Labute approximate surface area is 64.4 Å². The van der Waals surface area contributed by atoms with Crippen LogP contribution in [0.15, 0.2) is 0 Å². The van der Waals surface area contributed by atoms with Crippen LogP contribution in [0.4, 0.5) is 0 Å². The Morgan fingerprint density at radius 1 is 1.90 bits per heavy atom. The fourth-order valence-electron chi connectivity index (χ4n) is 0.707. The summed E-state index contributed by atoms with van der Waals surface area (Å²) in [5.74, 6) is 2.30. The maximum atomic E-state index is 10.9. The van der Waals surface area contributed by atoms with Gasteiger partial charge in [-0.3, -0.25) is 9.69 Å². The minimum atomic E-state index is -0.0528. The van der Waals surface area contributed by atoms with E-state index in [9.17, 15) is 4.79 Å². The van der Waals surface area contributed by atoms with Crippen molar-refractivity contribution in [1.82, 2.24) is 10.2 Å². The fourth-order valence-corrected chi connectivity index (χ4v) is 0.945. The summed E-state index contributed by atoms with van der Waals surface area (Å²) in [4.78, 5) is 12.2. The summed E-state index contributed by atoms with van der Waals surface area (Å²) in [5.41, 5.74) is 0. The molecule has 0 bridgehead atoms. The molecule has 1 aliphatic rings. The number of amides is 1. The Kier molecular flexibility index (Phi) is 1.88. The summed E-state index contributed by atoms with van der Waals surface area (Å²) in [6.45, 7) is 0.547. The SMILES string of the molecule is C#CCN1C(=O)CNC1=S. The highest BCUT2D eigenvalue weighted by atomic mass is 32.1. The molecule has 1 rings (SSSR count). The quantitative estimate of drug-likeness (QED) is 0.402. The molecule has 1 heterocycles. The smallest absolute Gasteiger partial charge is 0.248 e. The highest BCUT2D eigenvalue weighted by Crippen LogP contribution is 1.96. The first-order chi connectivity index (χ1) is 4.75. The van der Waals surface area contributed by atoms with Gasteiger partial charge < -0.3 is 5.32 Å². The van der Waals surface area contributed by atoms with Crippen LogP contribution in [-0.2, 0) is 4.79 Å². The molecule has 0 aliphatic carbocycles. The van der Waals surface area contributed by atoms with Gasteiger partial charge in [0.1, 0.15) is 0 Å². The molecule has 1 aliphatic heterocycles. The number of thiocarbonyl (C=S) groups is 1. The van der Waals surface area contributed by atoms with Crippen LogP contribution in [0.5, 0.6) is 0 Å². The molecule has 1 fully saturated rings. The van der Waals surface area contributed by atoms with Crippen molar-refractivity contribution in [3.63, 3.8) is 0 Å². The number of terminal acetylenes is 1. The van der Waals surface area contributed by atoms with E-state index in [1.54, 1.807) is 0 Å². The second-order valence-electron chi connectivity index (χ2n) is 1.84. The van der Waals surface area contributed by atoms with E-state index < -0.39 is 0 Å². The second-order valence-corrected chi connectivity index (χ2v) is 2.23. The minimum absolute atomic E-state index is 0.0528. The Bertz CT molecular complexity index is 202. The monoisotopic (exact) mass is 154 g/mol. The summed E-state index contributed by atoms with van der Waals surface area (Å²) in [5, 5.41) is 3.15. The van der Waals surface area contributed by atoms with Gasteiger partial charge in [0.15, 0.2) is 5.11 Å². The average Bonchev–Trinajstić information content (AvgIpc) is 2.20. The van der Waals surface area contributed by atoms with Gasteiger partial charge in [0.05, 0.1) is 13.1 Å². The van der Waals surface area contributed by atoms with Gasteiger partial charge in [0.2, 0.25) is 5.91 Å². The van der Waals surface area contributed by atoms with E-state index in [0.29, 0.717) is 5.11 Å². The molecule has 1 saturated heterocycles. The van der Waals surface area contributed by atoms with Crippen LogP contribution in [-0.4, -0.2) is 29.0 Å². The Morgan fingerprint density at radius 2 is 2.60 bits per heavy atom. The van der Waals surface area contributed by atoms with E-state index in [-0.39, 0.29) is 19.0 Å². The second kappa shape index (κ2) is 2.67. The molecule has 0 aromatic heterocycles. The minimum Gasteiger partial charge on any atom is -0.353 e. The third-order valence-electron chi connectivity index (χ3n) is 1.19. The average molecular weight is 154 g/mol. The summed E-state index contributed by atoms with van der Waals surface area (Å²) >= 11 is 4.78. The molecule has 52 valence electrons. The molecule has 0 aromatic rings. The maximum absolute atomic E-state index is 10.9. The predicted molar refractivity (Wildman–Crippen MR) is 41.1 cm³/mol. The number of rotatable bonds is 1. The number of hydrogen-bond acceptors (Lipinski definition) is 2. The Balaban J connectivity index is 2.65. The van der Waals surface area contributed by atoms with Gasteiger partial charge in [-0.2, -0.15) is 0 Å². The standard InChI is InChI=1S/C6H6N2OS/c1-2-3-8-5(9)4-7-6(8)10/h1H,3-4H2,(H,7,10). The van der Waals surface area contributed by atoms with E-state index in [1.165, 1.54) is 4.90 Å². The fraction of sp³-hybridized carbons (Fsp3) is 0.333. The molecular weight excluding hydrogens is 148 g/mol. The van der Waals surface area contributed by atoms with Crippen molar-refractivity contribution in [2.24, 2.45) is 0 Å². The molecule has 1 N–H and O–H groups in total. The highest BCUT2D eigenvalue weighted by Gasteiger charge is 2.23. The lowest BCUT2D eigenvalue weighted by atomic mass is 10.5. The highest BCUT2D eigenvalue weighted by molar-refractivity contribution is 7.80. The Hall–Kier alpha value is -1.08. The van der Waals surface area contributed by atoms with Crippen LogP contribution >= 0.6 is 12.2 Å². The molecule has 3 nitrogen and oxygen atoms in total. The number of hydrogen-bond donors (Lipinski definition) is 1. The summed E-state index contributed by atoms with van der Waals surface area (Å²) < 4.78 is 0. The van der Waals surface area contributed by atoms with Gasteiger partial charge in [0, 0.05) is 0 Å². The van der Waals surface area contributed by atoms with Crippen molar-refractivity contribution in [2.75, 3.05) is 13.1 Å². The number of carbonyl (C=O) groups excluding carboxylic acids is 1. The largest absolute Gasteiger partial charge is 0.353 e. The van der Waals surface area contributed by atoms with Crippen molar-refractivity contribution in [2.45, 2.75) is 0 Å². The van der Waals surface area contributed by atoms with Crippen molar-refractivity contribution >= 4 is 23.2 Å². The van der Waals surface area contributed by atoms with E-state index >= 15 is 0 Å². The van der Waals surface area contributed by atoms with Crippen molar-refractivity contribution in [3.8, 4) is 12.3 Å². The summed E-state index contributed by atoms with van der Waals surface area (Å²) in [6, 6.07) is 0. The Morgan fingerprint density at radius 3 is 3.00 bits per heavy atom. The van der Waals surface area contributed by atoms with Crippen LogP contribution < -0.4 is 5.32 Å². The first-order valence-electron chi connectivity index (χ1n) is 2.77. The van der Waals surface area contributed by atoms with Crippen molar-refractivity contribution in [3.05, 3.63) is 0 Å². The van der Waals surface area contributed by atoms with Crippen molar-refractivity contribution in [1.29, 1.82) is 0 Å². The van der Waals surface area contributed by atoms with Crippen molar-refractivity contribution < 1.29 is 4.79 Å². The van der Waals surface area contributed by atoms with E-state index in [0.717, 1.165) is 0 Å². The van der Waals surface area contributed by atoms with Gasteiger partial charge in [-0.25, -0.2) is 0 Å². The number of nitrogens with one attached hydrogen (secondary N) is 1. The number of carbonyl (C=O) groups is 1. The lowest BCUT2D eigenvalue weighted by Gasteiger charge is -2.08. The molecule has 0 atom stereocenters. The lowest BCUT2D eigenvalue weighted by molar-refractivity contribution is -0.124. The molecule has 0 saturated carbocycles. The predicted octanol–water partition coefficient (Wildman–Crippen LogP) is -0.664. The maximum Gasteiger partial charge on any atom is 0.248 e. The zero-order valence-corrected chi connectivity index (χ0v) is 6.07.